The molecule has 0 spiro atoms. The highest BCUT2D eigenvalue weighted by molar-refractivity contribution is 5.98. The van der Waals surface area contributed by atoms with Crippen molar-refractivity contribution in [2.45, 2.75) is 38.9 Å². The smallest absolute Gasteiger partial charge is 0.490 e. The van der Waals surface area contributed by atoms with Gasteiger partial charge < -0.3 is 19.3 Å². The summed E-state index contributed by atoms with van der Waals surface area (Å²) < 4.78 is 39.3. The molecule has 0 bridgehead atoms. The summed E-state index contributed by atoms with van der Waals surface area (Å²) in [4.78, 5) is 28.8. The summed E-state index contributed by atoms with van der Waals surface area (Å²) in [5, 5.41) is 9.54. The zero-order valence-electron chi connectivity index (χ0n) is 22.7. The molecular formula is C31H30F3N3O4. The Balaban J connectivity index is 0.000000493. The van der Waals surface area contributed by atoms with Gasteiger partial charge in [-0.1, -0.05) is 48.5 Å². The number of alkyl halides is 3. The Labute approximate surface area is 235 Å². The lowest BCUT2D eigenvalue weighted by Gasteiger charge is -2.22. The van der Waals surface area contributed by atoms with Crippen LogP contribution in [0.25, 0.3) is 22.5 Å². The second-order valence-electron chi connectivity index (χ2n) is 9.65. The number of likely N-dealkylation sites (tertiary alicyclic amines) is 1. The zero-order chi connectivity index (χ0) is 29.6. The van der Waals surface area contributed by atoms with E-state index in [1.807, 2.05) is 46.9 Å². The number of carboxylic acid groups (broad SMARTS) is 1. The maximum Gasteiger partial charge on any atom is 0.490 e. The van der Waals surface area contributed by atoms with Crippen molar-refractivity contribution in [2.75, 3.05) is 13.7 Å². The van der Waals surface area contributed by atoms with Crippen molar-refractivity contribution in [2.24, 2.45) is 0 Å². The van der Waals surface area contributed by atoms with Gasteiger partial charge in [0.1, 0.15) is 5.75 Å². The quantitative estimate of drug-likeness (QED) is 0.277. The highest BCUT2D eigenvalue weighted by Gasteiger charge is 2.38. The third kappa shape index (κ3) is 7.33. The van der Waals surface area contributed by atoms with E-state index in [0.29, 0.717) is 6.54 Å². The first-order chi connectivity index (χ1) is 19.6. The summed E-state index contributed by atoms with van der Waals surface area (Å²) in [6.45, 7) is 3.37. The van der Waals surface area contributed by atoms with Crippen molar-refractivity contribution in [3.63, 3.8) is 0 Å². The number of rotatable bonds is 5. The van der Waals surface area contributed by atoms with E-state index in [4.69, 9.17) is 14.6 Å². The maximum absolute atomic E-state index is 13.5. The number of ether oxygens (including phenoxy) is 1. The molecule has 7 nitrogen and oxygen atoms in total. The molecule has 1 N–H and O–H groups in total. The van der Waals surface area contributed by atoms with Crippen molar-refractivity contribution < 1.29 is 32.6 Å². The van der Waals surface area contributed by atoms with Gasteiger partial charge in [0.2, 0.25) is 5.91 Å². The summed E-state index contributed by atoms with van der Waals surface area (Å²) >= 11 is 0. The molecule has 5 rings (SSSR count). The van der Waals surface area contributed by atoms with Crippen LogP contribution in [0.5, 0.6) is 5.75 Å². The number of hydrogen-bond acceptors (Lipinski definition) is 4. The number of benzene rings is 3. The molecular weight excluding hydrogens is 535 g/mol. The van der Waals surface area contributed by atoms with Crippen LogP contribution in [0.1, 0.15) is 36.1 Å². The van der Waals surface area contributed by atoms with Gasteiger partial charge in [-0.25, -0.2) is 9.78 Å². The minimum Gasteiger partial charge on any atom is -0.495 e. The number of carbonyl (C=O) groups is 2. The summed E-state index contributed by atoms with van der Waals surface area (Å²) in [6.07, 6.45) is 3.50. The number of fused-ring (bicyclic) bond motifs is 1. The number of halogens is 3. The van der Waals surface area contributed by atoms with Crippen LogP contribution in [0.15, 0.2) is 78.8 Å². The molecule has 0 radical (unpaired) electrons. The molecule has 214 valence electrons. The monoisotopic (exact) mass is 565 g/mol. The Morgan fingerprint density at radius 2 is 1.83 bits per heavy atom. The Morgan fingerprint density at radius 1 is 1.10 bits per heavy atom. The Hall–Kier alpha value is -4.60. The van der Waals surface area contributed by atoms with Crippen LogP contribution in [0, 0.1) is 6.92 Å². The number of imidazole rings is 1. The van der Waals surface area contributed by atoms with Crippen LogP contribution in [0.2, 0.25) is 0 Å². The van der Waals surface area contributed by atoms with Crippen molar-refractivity contribution in [1.82, 2.24) is 14.5 Å². The van der Waals surface area contributed by atoms with Gasteiger partial charge in [-0.15, -0.1) is 0 Å². The average molecular weight is 566 g/mol. The normalized spacial score (nSPS) is 14.9. The van der Waals surface area contributed by atoms with Crippen molar-refractivity contribution in [1.29, 1.82) is 0 Å². The highest BCUT2D eigenvalue weighted by atomic mass is 19.4. The van der Waals surface area contributed by atoms with E-state index in [-0.39, 0.29) is 5.91 Å². The largest absolute Gasteiger partial charge is 0.495 e. The fraction of sp³-hybridized carbons (Fsp3) is 0.258. The standard InChI is InChI=1S/C29H29N3O2.C2HF3O2/c1-21-18-32(20-30-21)27-14-13-22(17-28(27)34-2)16-24-9-5-6-15-31(29(24)33)19-25-11-7-10-23-8-3-4-12-26(23)25;3-2(4,5)1(6)7/h3-4,7-8,10-14,16-18,20H,5-6,9,15,19H2,1-2H3;(H,6,7)/b24-16+;. The molecule has 1 amide bonds. The molecule has 1 aliphatic heterocycles. The van der Waals surface area contributed by atoms with Crippen LogP contribution < -0.4 is 4.74 Å². The summed E-state index contributed by atoms with van der Waals surface area (Å²) in [5.41, 5.74) is 4.88. The molecule has 41 heavy (non-hydrogen) atoms. The maximum atomic E-state index is 13.5. The second-order valence-corrected chi connectivity index (χ2v) is 9.65. The molecule has 1 aromatic heterocycles. The third-order valence-corrected chi connectivity index (χ3v) is 6.70. The minimum atomic E-state index is -5.08. The Bertz CT molecular complexity index is 1570. The molecule has 1 saturated heterocycles. The number of methoxy groups -OCH3 is 1. The SMILES string of the molecule is COc1cc(/C=C2\CCCCN(Cc3cccc4ccccc34)C2=O)ccc1-n1cnc(C)c1.O=C(O)C(F)(F)F. The molecule has 0 atom stereocenters. The highest BCUT2D eigenvalue weighted by Crippen LogP contribution is 2.28. The number of aliphatic carboxylic acids is 1. The van der Waals surface area contributed by atoms with E-state index in [1.54, 1.807) is 13.4 Å². The number of nitrogens with zero attached hydrogens (tertiary/aromatic N) is 3. The molecule has 0 saturated carbocycles. The fourth-order valence-electron chi connectivity index (χ4n) is 4.70. The van der Waals surface area contributed by atoms with Crippen LogP contribution in [0.4, 0.5) is 13.2 Å². The first-order valence-corrected chi connectivity index (χ1v) is 13.0. The molecule has 1 fully saturated rings. The molecule has 0 aliphatic carbocycles. The van der Waals surface area contributed by atoms with Crippen molar-refractivity contribution >= 4 is 28.7 Å². The minimum absolute atomic E-state index is 0.124. The molecule has 1 aliphatic rings. The van der Waals surface area contributed by atoms with Gasteiger partial charge in [0.15, 0.2) is 0 Å². The van der Waals surface area contributed by atoms with Gasteiger partial charge in [-0.2, -0.15) is 13.2 Å². The second kappa shape index (κ2) is 12.7. The van der Waals surface area contributed by atoms with Crippen LogP contribution >= 0.6 is 0 Å². The van der Waals surface area contributed by atoms with Crippen molar-refractivity contribution in [3.05, 3.63) is 95.6 Å². The molecule has 3 aromatic carbocycles. The van der Waals surface area contributed by atoms with Crippen LogP contribution in [-0.2, 0) is 16.1 Å². The molecule has 0 unspecified atom stereocenters. The molecule has 4 aromatic rings. The number of aromatic nitrogens is 2. The number of carboxylic acids is 1. The lowest BCUT2D eigenvalue weighted by atomic mass is 10.0. The Morgan fingerprint density at radius 3 is 2.51 bits per heavy atom. The van der Waals surface area contributed by atoms with Gasteiger partial charge in [-0.05, 0) is 66.3 Å². The van der Waals surface area contributed by atoms with Gasteiger partial charge in [0.05, 0.1) is 24.8 Å². The number of amides is 1. The molecule has 10 heteroatoms. The van der Waals surface area contributed by atoms with Crippen molar-refractivity contribution in [3.8, 4) is 11.4 Å². The summed E-state index contributed by atoms with van der Waals surface area (Å²) in [7, 11) is 1.67. The topological polar surface area (TPSA) is 84.7 Å². The van der Waals surface area contributed by atoms with Gasteiger partial charge >= 0.3 is 12.1 Å². The zero-order valence-corrected chi connectivity index (χ0v) is 22.7. The van der Waals surface area contributed by atoms with E-state index >= 15 is 0 Å². The van der Waals surface area contributed by atoms with E-state index in [9.17, 15) is 18.0 Å². The third-order valence-electron chi connectivity index (χ3n) is 6.70. The van der Waals surface area contributed by atoms with E-state index < -0.39 is 12.1 Å². The van der Waals surface area contributed by atoms with Gasteiger partial charge in [0.25, 0.3) is 0 Å². The van der Waals surface area contributed by atoms with Crippen LogP contribution in [-0.4, -0.2) is 51.3 Å². The van der Waals surface area contributed by atoms with E-state index in [1.165, 1.54) is 16.3 Å². The fourth-order valence-corrected chi connectivity index (χ4v) is 4.70. The Kier molecular flexibility index (Phi) is 9.11. The van der Waals surface area contributed by atoms with Gasteiger partial charge in [-0.3, -0.25) is 4.79 Å². The summed E-state index contributed by atoms with van der Waals surface area (Å²) in [6, 6.07) is 20.7. The predicted molar refractivity (Wildman–Crippen MR) is 150 cm³/mol. The first kappa shape index (κ1) is 29.4. The van der Waals surface area contributed by atoms with Gasteiger partial charge in [0, 0.05) is 24.9 Å². The predicted octanol–water partition coefficient (Wildman–Crippen LogP) is 6.57. The number of aryl methyl sites for hydroxylation is 1. The number of hydrogen-bond donors (Lipinski definition) is 1. The van der Waals surface area contributed by atoms with Crippen LogP contribution in [0.3, 0.4) is 0 Å². The van der Waals surface area contributed by atoms with E-state index in [2.05, 4.69) is 47.4 Å². The lowest BCUT2D eigenvalue weighted by Crippen LogP contribution is -2.31. The lowest BCUT2D eigenvalue weighted by molar-refractivity contribution is -0.192. The average Bonchev–Trinajstić information content (AvgIpc) is 3.31. The number of carbonyl (C=O) groups excluding carboxylic acids is 1. The molecule has 2 heterocycles. The first-order valence-electron chi connectivity index (χ1n) is 13.0. The summed E-state index contributed by atoms with van der Waals surface area (Å²) in [5.74, 6) is -1.88. The van der Waals surface area contributed by atoms with E-state index in [0.717, 1.165) is 54.1 Å².